The molecule has 0 saturated heterocycles. The zero-order valence-corrected chi connectivity index (χ0v) is 14.8. The van der Waals surface area contributed by atoms with Gasteiger partial charge in [0, 0.05) is 11.0 Å². The molecule has 0 amide bonds. The Morgan fingerprint density at radius 1 is 1.44 bits per heavy atom. The van der Waals surface area contributed by atoms with Crippen LogP contribution in [0.3, 0.4) is 0 Å². The van der Waals surface area contributed by atoms with E-state index in [1.165, 1.54) is 19.2 Å². The van der Waals surface area contributed by atoms with Gasteiger partial charge in [0.1, 0.15) is 5.82 Å². The topological polar surface area (TPSA) is 92.9 Å². The molecule has 27 heavy (non-hydrogen) atoms. The molecule has 2 aliphatic carbocycles. The molecule has 0 aliphatic heterocycles. The average molecular weight is 367 g/mol. The number of benzene rings is 1. The maximum Gasteiger partial charge on any atom is 0.316 e. The third-order valence-corrected chi connectivity index (χ3v) is 5.50. The highest BCUT2D eigenvalue weighted by Gasteiger charge is 2.49. The lowest BCUT2D eigenvalue weighted by molar-refractivity contribution is -0.151. The van der Waals surface area contributed by atoms with Gasteiger partial charge in [-0.05, 0) is 67.1 Å². The summed E-state index contributed by atoms with van der Waals surface area (Å²) in [5.41, 5.74) is 11.5. The third kappa shape index (κ3) is 2.78. The number of azide groups is 1. The summed E-state index contributed by atoms with van der Waals surface area (Å²) < 4.78 is 20.1. The number of rotatable bonds is 3. The van der Waals surface area contributed by atoms with E-state index in [4.69, 9.17) is 10.3 Å². The zero-order valence-electron chi connectivity index (χ0n) is 14.8. The van der Waals surface area contributed by atoms with Gasteiger partial charge in [0.2, 0.25) is 0 Å². The summed E-state index contributed by atoms with van der Waals surface area (Å²) in [4.78, 5) is 15.6. The fourth-order valence-electron chi connectivity index (χ4n) is 4.21. The van der Waals surface area contributed by atoms with Crippen LogP contribution in [0.5, 0.6) is 0 Å². The Hall–Kier alpha value is -3.12. The number of esters is 1. The van der Waals surface area contributed by atoms with E-state index >= 15 is 0 Å². The van der Waals surface area contributed by atoms with Crippen molar-refractivity contribution in [1.82, 2.24) is 9.78 Å². The first-order valence-corrected chi connectivity index (χ1v) is 8.74. The normalized spacial score (nSPS) is 23.5. The Morgan fingerprint density at radius 2 is 2.22 bits per heavy atom. The van der Waals surface area contributed by atoms with E-state index in [9.17, 15) is 9.18 Å². The molecule has 1 aromatic heterocycles. The number of hydrogen-bond acceptors (Lipinski definition) is 4. The van der Waals surface area contributed by atoms with Gasteiger partial charge in [-0.1, -0.05) is 10.7 Å². The van der Waals surface area contributed by atoms with Crippen LogP contribution in [0, 0.1) is 11.2 Å². The maximum absolute atomic E-state index is 13.2. The summed E-state index contributed by atoms with van der Waals surface area (Å²) >= 11 is 0. The number of halogens is 1. The molecule has 2 atom stereocenters. The van der Waals surface area contributed by atoms with Gasteiger partial charge < -0.3 is 4.74 Å². The molecular formula is C19H18FN5O2. The fraction of sp³-hybridized carbons (Fsp3) is 0.368. The average Bonchev–Trinajstić information content (AvgIpc) is 3.08. The van der Waals surface area contributed by atoms with Crippen LogP contribution in [-0.4, -0.2) is 28.9 Å². The largest absolute Gasteiger partial charge is 0.468 e. The van der Waals surface area contributed by atoms with Crippen molar-refractivity contribution in [2.45, 2.75) is 31.7 Å². The molecule has 0 bridgehead atoms. The van der Waals surface area contributed by atoms with Crippen molar-refractivity contribution < 1.29 is 13.9 Å². The van der Waals surface area contributed by atoms with Gasteiger partial charge in [0.15, 0.2) is 0 Å². The van der Waals surface area contributed by atoms with Gasteiger partial charge in [0.05, 0.1) is 30.1 Å². The zero-order chi connectivity index (χ0) is 19.0. The van der Waals surface area contributed by atoms with Gasteiger partial charge in [-0.3, -0.25) is 4.79 Å². The van der Waals surface area contributed by atoms with Crippen molar-refractivity contribution in [3.63, 3.8) is 0 Å². The number of nitrogens with zero attached hydrogens (tertiary/aromatic N) is 5. The van der Waals surface area contributed by atoms with Crippen molar-refractivity contribution in [3.05, 3.63) is 63.6 Å². The number of methoxy groups -OCH3 is 1. The molecule has 0 N–H and O–H groups in total. The maximum atomic E-state index is 13.2. The van der Waals surface area contributed by atoms with Crippen molar-refractivity contribution >= 4 is 12.0 Å². The number of fused-ring (bicyclic) bond motifs is 2. The molecule has 138 valence electrons. The van der Waals surface area contributed by atoms with Crippen molar-refractivity contribution in [3.8, 4) is 5.69 Å². The molecule has 8 heteroatoms. The van der Waals surface area contributed by atoms with E-state index in [2.05, 4.69) is 15.1 Å². The highest BCUT2D eigenvalue weighted by molar-refractivity contribution is 5.85. The second kappa shape index (κ2) is 6.55. The van der Waals surface area contributed by atoms with Crippen LogP contribution in [0.1, 0.15) is 30.5 Å². The summed E-state index contributed by atoms with van der Waals surface area (Å²) in [6.45, 7) is 0. The summed E-state index contributed by atoms with van der Waals surface area (Å²) in [6.07, 6.45) is 5.92. The van der Waals surface area contributed by atoms with Gasteiger partial charge in [-0.15, -0.1) is 0 Å². The van der Waals surface area contributed by atoms with E-state index in [-0.39, 0.29) is 17.8 Å². The lowest BCUT2D eigenvalue weighted by Crippen LogP contribution is -2.43. The van der Waals surface area contributed by atoms with Crippen LogP contribution in [-0.2, 0) is 16.0 Å². The minimum absolute atomic E-state index is 0.236. The Labute approximate surface area is 155 Å². The molecule has 1 fully saturated rings. The summed E-state index contributed by atoms with van der Waals surface area (Å²) in [7, 11) is 1.38. The van der Waals surface area contributed by atoms with Crippen molar-refractivity contribution in [2.24, 2.45) is 10.5 Å². The van der Waals surface area contributed by atoms with E-state index in [0.717, 1.165) is 22.5 Å². The van der Waals surface area contributed by atoms with Crippen molar-refractivity contribution in [2.75, 3.05) is 7.11 Å². The molecule has 1 unspecified atom stereocenters. The minimum Gasteiger partial charge on any atom is -0.468 e. The molecule has 0 spiro atoms. The van der Waals surface area contributed by atoms with E-state index in [1.807, 2.05) is 6.08 Å². The van der Waals surface area contributed by atoms with Crippen LogP contribution in [0.4, 0.5) is 4.39 Å². The SMILES string of the molecule is COC(=O)[C@]12Cc3cnn(-c4ccc(F)cc4)c3C=C1CCC(N=[N+]=[N-])C2. The molecule has 2 aromatic rings. The molecule has 2 aliphatic rings. The molecule has 1 aromatic carbocycles. The first-order valence-electron chi connectivity index (χ1n) is 8.74. The fourth-order valence-corrected chi connectivity index (χ4v) is 4.21. The smallest absolute Gasteiger partial charge is 0.316 e. The number of carbonyl (C=O) groups excluding carboxylic acids is 1. The standard InChI is InChI=1S/C19H18FN5O2/c1-27-18(26)19-9-12-11-22-25(16-6-3-14(20)4-7-16)17(12)8-13(19)2-5-15(10-19)23-24-21/h3-4,6-8,11,15H,2,5,9-10H2,1H3/t15?,19-/m0/s1. The Bertz CT molecular complexity index is 974. The van der Waals surface area contributed by atoms with Gasteiger partial charge >= 0.3 is 5.97 Å². The minimum atomic E-state index is -0.824. The number of ether oxygens (including phenoxy) is 1. The van der Waals surface area contributed by atoms with Crippen LogP contribution in [0.25, 0.3) is 22.2 Å². The first-order chi connectivity index (χ1) is 13.1. The summed E-state index contributed by atoms with van der Waals surface area (Å²) in [6, 6.07) is 5.88. The lowest BCUT2D eigenvalue weighted by Gasteiger charge is -2.41. The van der Waals surface area contributed by atoms with Gasteiger partial charge in [-0.25, -0.2) is 9.07 Å². The molecule has 4 rings (SSSR count). The number of carbonyl (C=O) groups is 1. The van der Waals surface area contributed by atoms with Crippen LogP contribution >= 0.6 is 0 Å². The van der Waals surface area contributed by atoms with Crippen LogP contribution in [0.15, 0.2) is 41.1 Å². The quantitative estimate of drug-likeness (QED) is 0.355. The summed E-state index contributed by atoms with van der Waals surface area (Å²) in [5.74, 6) is -0.619. The highest BCUT2D eigenvalue weighted by atomic mass is 19.1. The Morgan fingerprint density at radius 3 is 2.93 bits per heavy atom. The first kappa shape index (κ1) is 17.3. The Kier molecular flexibility index (Phi) is 4.20. The highest BCUT2D eigenvalue weighted by Crippen LogP contribution is 2.49. The monoisotopic (exact) mass is 367 g/mol. The van der Waals surface area contributed by atoms with E-state index in [1.54, 1.807) is 23.0 Å². The van der Waals surface area contributed by atoms with Gasteiger partial charge in [-0.2, -0.15) is 5.10 Å². The molecule has 1 heterocycles. The third-order valence-electron chi connectivity index (χ3n) is 5.50. The number of hydrogen-bond donors (Lipinski definition) is 0. The van der Waals surface area contributed by atoms with Crippen LogP contribution < -0.4 is 0 Å². The molecule has 1 saturated carbocycles. The number of aromatic nitrogens is 2. The predicted molar refractivity (Wildman–Crippen MR) is 96.4 cm³/mol. The predicted octanol–water partition coefficient (Wildman–Crippen LogP) is 3.97. The summed E-state index contributed by atoms with van der Waals surface area (Å²) in [5, 5.41) is 8.29. The second-order valence-electron chi connectivity index (χ2n) is 6.96. The van der Waals surface area contributed by atoms with Gasteiger partial charge in [0.25, 0.3) is 0 Å². The van der Waals surface area contributed by atoms with E-state index < -0.39 is 5.41 Å². The van der Waals surface area contributed by atoms with Crippen molar-refractivity contribution in [1.29, 1.82) is 0 Å². The van der Waals surface area contributed by atoms with E-state index in [0.29, 0.717) is 25.7 Å². The lowest BCUT2D eigenvalue weighted by atomic mass is 9.63. The molecule has 7 nitrogen and oxygen atoms in total. The second-order valence-corrected chi connectivity index (χ2v) is 6.96. The Balaban J connectivity index is 1.79. The molecule has 0 radical (unpaired) electrons. The van der Waals surface area contributed by atoms with Crippen LogP contribution in [0.2, 0.25) is 0 Å². The molecular weight excluding hydrogens is 349 g/mol.